The van der Waals surface area contributed by atoms with E-state index in [1.54, 1.807) is 19.9 Å². The summed E-state index contributed by atoms with van der Waals surface area (Å²) in [5.41, 5.74) is 0.0869. The predicted octanol–water partition coefficient (Wildman–Crippen LogP) is 2.60. The van der Waals surface area contributed by atoms with Gasteiger partial charge in [-0.2, -0.15) is 0 Å². The zero-order valence-corrected chi connectivity index (χ0v) is 15.7. The van der Waals surface area contributed by atoms with Crippen LogP contribution in [0.2, 0.25) is 0 Å². The van der Waals surface area contributed by atoms with Crippen LogP contribution in [0.3, 0.4) is 0 Å². The summed E-state index contributed by atoms with van der Waals surface area (Å²) in [6.07, 6.45) is 2.21. The lowest BCUT2D eigenvalue weighted by Gasteiger charge is -2.25. The first kappa shape index (κ1) is 20.0. The quantitative estimate of drug-likeness (QED) is 0.743. The first-order chi connectivity index (χ1) is 12.0. The monoisotopic (exact) mass is 361 g/mol. The SMILES string of the molecule is CC(C)CC(C(=O)O)N1CC(Oc2cccc(CC(C)(C)O)c2)=CC1=O. The fourth-order valence-corrected chi connectivity index (χ4v) is 3.02. The van der Waals surface area contributed by atoms with Crippen LogP contribution in [0.15, 0.2) is 36.1 Å². The van der Waals surface area contributed by atoms with Crippen molar-refractivity contribution in [2.75, 3.05) is 6.54 Å². The van der Waals surface area contributed by atoms with Crippen LogP contribution in [-0.4, -0.2) is 45.2 Å². The molecule has 0 fully saturated rings. The molecule has 0 aromatic heterocycles. The molecule has 1 aliphatic rings. The Bertz CT molecular complexity index is 702. The molecular formula is C20H27NO5. The summed E-state index contributed by atoms with van der Waals surface area (Å²) in [7, 11) is 0. The van der Waals surface area contributed by atoms with Crippen molar-refractivity contribution < 1.29 is 24.5 Å². The van der Waals surface area contributed by atoms with Crippen molar-refractivity contribution in [2.45, 2.75) is 52.2 Å². The molecule has 26 heavy (non-hydrogen) atoms. The average molecular weight is 361 g/mol. The van der Waals surface area contributed by atoms with E-state index in [-0.39, 0.29) is 18.4 Å². The summed E-state index contributed by atoms with van der Waals surface area (Å²) in [5, 5.41) is 19.4. The van der Waals surface area contributed by atoms with Gasteiger partial charge in [0.05, 0.1) is 12.1 Å². The molecule has 1 atom stereocenters. The van der Waals surface area contributed by atoms with E-state index in [1.165, 1.54) is 11.0 Å². The van der Waals surface area contributed by atoms with E-state index >= 15 is 0 Å². The van der Waals surface area contributed by atoms with Crippen LogP contribution in [0, 0.1) is 5.92 Å². The highest BCUT2D eigenvalue weighted by molar-refractivity contribution is 5.94. The van der Waals surface area contributed by atoms with E-state index in [9.17, 15) is 19.8 Å². The second-order valence-corrected chi connectivity index (χ2v) is 7.80. The maximum Gasteiger partial charge on any atom is 0.326 e. The minimum absolute atomic E-state index is 0.137. The third kappa shape index (κ3) is 5.59. The van der Waals surface area contributed by atoms with E-state index < -0.39 is 17.6 Å². The van der Waals surface area contributed by atoms with Crippen LogP contribution in [-0.2, 0) is 16.0 Å². The second-order valence-electron chi connectivity index (χ2n) is 7.80. The van der Waals surface area contributed by atoms with Gasteiger partial charge in [-0.1, -0.05) is 26.0 Å². The highest BCUT2D eigenvalue weighted by Gasteiger charge is 2.34. The van der Waals surface area contributed by atoms with Gasteiger partial charge in [-0.3, -0.25) is 4.79 Å². The third-order valence-electron chi connectivity index (χ3n) is 4.03. The highest BCUT2D eigenvalue weighted by atomic mass is 16.5. The lowest BCUT2D eigenvalue weighted by atomic mass is 9.99. The molecular weight excluding hydrogens is 334 g/mol. The normalized spacial score (nSPS) is 16.0. The van der Waals surface area contributed by atoms with Gasteiger partial charge in [-0.15, -0.1) is 0 Å². The smallest absolute Gasteiger partial charge is 0.326 e. The number of nitrogens with zero attached hydrogens (tertiary/aromatic N) is 1. The van der Waals surface area contributed by atoms with Crippen LogP contribution in [0.25, 0.3) is 0 Å². The van der Waals surface area contributed by atoms with Gasteiger partial charge in [0.25, 0.3) is 5.91 Å². The summed E-state index contributed by atoms with van der Waals surface area (Å²) >= 11 is 0. The van der Waals surface area contributed by atoms with E-state index in [2.05, 4.69) is 0 Å². The predicted molar refractivity (Wildman–Crippen MR) is 97.7 cm³/mol. The van der Waals surface area contributed by atoms with Crippen LogP contribution < -0.4 is 4.74 Å². The Morgan fingerprint density at radius 2 is 2.04 bits per heavy atom. The van der Waals surface area contributed by atoms with E-state index in [4.69, 9.17) is 4.74 Å². The number of carbonyl (C=O) groups is 2. The molecule has 142 valence electrons. The zero-order chi connectivity index (χ0) is 19.5. The fourth-order valence-electron chi connectivity index (χ4n) is 3.02. The van der Waals surface area contributed by atoms with Crippen molar-refractivity contribution in [1.29, 1.82) is 0 Å². The Labute approximate surface area is 154 Å². The second kappa shape index (κ2) is 7.91. The Kier molecular flexibility index (Phi) is 6.08. The maximum atomic E-state index is 12.2. The lowest BCUT2D eigenvalue weighted by molar-refractivity contribution is -0.148. The molecule has 1 aliphatic heterocycles. The number of ether oxygens (including phenoxy) is 1. The number of carboxylic acids is 1. The summed E-state index contributed by atoms with van der Waals surface area (Å²) < 4.78 is 5.79. The van der Waals surface area contributed by atoms with Crippen LogP contribution >= 0.6 is 0 Å². The highest BCUT2D eigenvalue weighted by Crippen LogP contribution is 2.24. The van der Waals surface area contributed by atoms with Crippen molar-refractivity contribution in [3.8, 4) is 5.75 Å². The van der Waals surface area contributed by atoms with Crippen LogP contribution in [0.4, 0.5) is 0 Å². The molecule has 0 radical (unpaired) electrons. The van der Waals surface area contributed by atoms with Crippen molar-refractivity contribution in [1.82, 2.24) is 4.90 Å². The molecule has 0 saturated carbocycles. The Hall–Kier alpha value is -2.34. The Morgan fingerprint density at radius 3 is 2.62 bits per heavy atom. The Balaban J connectivity index is 2.08. The van der Waals surface area contributed by atoms with Gasteiger partial charge in [0.1, 0.15) is 17.6 Å². The zero-order valence-electron chi connectivity index (χ0n) is 15.7. The number of aliphatic hydroxyl groups is 1. The first-order valence-corrected chi connectivity index (χ1v) is 8.78. The summed E-state index contributed by atoms with van der Waals surface area (Å²) in [5.74, 6) is -0.212. The summed E-state index contributed by atoms with van der Waals surface area (Å²) in [6, 6.07) is 6.44. The van der Waals surface area contributed by atoms with Crippen LogP contribution in [0.1, 0.15) is 39.7 Å². The number of carboxylic acid groups (broad SMARTS) is 1. The minimum atomic E-state index is -1.01. The molecule has 2 N–H and O–H groups in total. The number of hydrogen-bond donors (Lipinski definition) is 2. The first-order valence-electron chi connectivity index (χ1n) is 8.78. The largest absolute Gasteiger partial charge is 0.480 e. The van der Waals surface area contributed by atoms with Gasteiger partial charge in [0, 0.05) is 12.5 Å². The van der Waals surface area contributed by atoms with Crippen molar-refractivity contribution in [2.24, 2.45) is 5.92 Å². The number of amides is 1. The van der Waals surface area contributed by atoms with Gasteiger partial charge < -0.3 is 19.8 Å². The Morgan fingerprint density at radius 1 is 1.35 bits per heavy atom. The van der Waals surface area contributed by atoms with Gasteiger partial charge >= 0.3 is 5.97 Å². The standard InChI is InChI=1S/C20H27NO5/c1-13(2)8-17(19(23)24)21-12-16(10-18(21)22)26-15-7-5-6-14(9-15)11-20(3,4)25/h5-7,9-10,13,17,25H,8,11-12H2,1-4H3,(H,23,24). The molecule has 6 heteroatoms. The molecule has 1 aromatic carbocycles. The van der Waals surface area contributed by atoms with Crippen molar-refractivity contribution in [3.63, 3.8) is 0 Å². The van der Waals surface area contributed by atoms with Crippen LogP contribution in [0.5, 0.6) is 5.75 Å². The van der Waals surface area contributed by atoms with Gasteiger partial charge in [0.2, 0.25) is 0 Å². The van der Waals surface area contributed by atoms with Crippen molar-refractivity contribution in [3.05, 3.63) is 41.7 Å². The molecule has 1 unspecified atom stereocenters. The number of carbonyl (C=O) groups excluding carboxylic acids is 1. The fraction of sp³-hybridized carbons (Fsp3) is 0.500. The van der Waals surface area contributed by atoms with E-state index in [0.717, 1.165) is 5.56 Å². The van der Waals surface area contributed by atoms with Gasteiger partial charge in [0.15, 0.2) is 0 Å². The van der Waals surface area contributed by atoms with Crippen molar-refractivity contribution >= 4 is 11.9 Å². The minimum Gasteiger partial charge on any atom is -0.480 e. The summed E-state index contributed by atoms with van der Waals surface area (Å²) in [4.78, 5) is 25.1. The lowest BCUT2D eigenvalue weighted by Crippen LogP contribution is -2.43. The molecule has 2 rings (SSSR count). The molecule has 0 aliphatic carbocycles. The third-order valence-corrected chi connectivity index (χ3v) is 4.03. The van der Waals surface area contributed by atoms with E-state index in [0.29, 0.717) is 24.4 Å². The maximum absolute atomic E-state index is 12.2. The number of rotatable bonds is 8. The van der Waals surface area contributed by atoms with Gasteiger partial charge in [-0.25, -0.2) is 4.79 Å². The summed E-state index contributed by atoms with van der Waals surface area (Å²) in [6.45, 7) is 7.46. The number of benzene rings is 1. The molecule has 1 amide bonds. The number of aliphatic carboxylic acids is 1. The molecule has 1 aromatic rings. The molecule has 1 heterocycles. The molecule has 0 bridgehead atoms. The van der Waals surface area contributed by atoms with Gasteiger partial charge in [-0.05, 0) is 43.9 Å². The number of hydrogen-bond acceptors (Lipinski definition) is 4. The molecule has 0 saturated heterocycles. The van der Waals surface area contributed by atoms with E-state index in [1.807, 2.05) is 32.0 Å². The molecule has 0 spiro atoms. The molecule has 6 nitrogen and oxygen atoms in total. The average Bonchev–Trinajstić information content (AvgIpc) is 2.83. The topological polar surface area (TPSA) is 87.1 Å².